The minimum atomic E-state index is -0.383. The molecule has 176 valence electrons. The van der Waals surface area contributed by atoms with E-state index >= 15 is 0 Å². The Morgan fingerprint density at radius 2 is 1.88 bits per heavy atom. The van der Waals surface area contributed by atoms with Crippen molar-refractivity contribution in [2.24, 2.45) is 11.0 Å². The molecule has 0 spiro atoms. The third kappa shape index (κ3) is 4.93. The monoisotopic (exact) mass is 462 g/mol. The zero-order chi connectivity index (χ0) is 24.1. The van der Waals surface area contributed by atoms with Crippen molar-refractivity contribution in [3.63, 3.8) is 0 Å². The van der Waals surface area contributed by atoms with Gasteiger partial charge in [0, 0.05) is 29.7 Å². The molecule has 2 heterocycles. The standard InChI is InChI=1S/C25H26N4O5/c1-4-17-14-23(30)29(28-24(17)18-7-10-20(32-2)22(13-18)33-3)15-16-5-8-19(9-6-16)27-25(31)21-11-12-26-34-21/h5-13,17H,4,14-15H2,1-3H3,(H,27,31). The van der Waals surface area contributed by atoms with Crippen molar-refractivity contribution in [1.82, 2.24) is 10.2 Å². The Hall–Kier alpha value is -4.14. The molecule has 9 nitrogen and oxygen atoms in total. The molecule has 4 rings (SSSR count). The van der Waals surface area contributed by atoms with Crippen LogP contribution in [0.25, 0.3) is 0 Å². The fraction of sp³-hybridized carbons (Fsp3) is 0.280. The highest BCUT2D eigenvalue weighted by molar-refractivity contribution is 6.06. The molecular weight excluding hydrogens is 436 g/mol. The van der Waals surface area contributed by atoms with Crippen LogP contribution in [-0.2, 0) is 11.3 Å². The van der Waals surface area contributed by atoms with Crippen molar-refractivity contribution in [1.29, 1.82) is 0 Å². The van der Waals surface area contributed by atoms with E-state index in [9.17, 15) is 9.59 Å². The maximum atomic E-state index is 12.8. The molecule has 0 radical (unpaired) electrons. The number of hydrogen-bond acceptors (Lipinski definition) is 7. The molecule has 0 saturated heterocycles. The number of rotatable bonds is 8. The van der Waals surface area contributed by atoms with Crippen molar-refractivity contribution in [3.8, 4) is 11.5 Å². The summed E-state index contributed by atoms with van der Waals surface area (Å²) in [6.07, 6.45) is 2.59. The summed E-state index contributed by atoms with van der Waals surface area (Å²) in [7, 11) is 3.19. The summed E-state index contributed by atoms with van der Waals surface area (Å²) in [5.74, 6) is 0.995. The second-order valence-electron chi connectivity index (χ2n) is 7.84. The van der Waals surface area contributed by atoms with Gasteiger partial charge in [0.1, 0.15) is 0 Å². The minimum absolute atomic E-state index is 0.0236. The number of nitrogens with zero attached hydrogens (tertiary/aromatic N) is 3. The molecule has 0 bridgehead atoms. The number of methoxy groups -OCH3 is 2. The number of carbonyl (C=O) groups excluding carboxylic acids is 2. The predicted molar refractivity (Wildman–Crippen MR) is 126 cm³/mol. The van der Waals surface area contributed by atoms with Crippen LogP contribution in [0.1, 0.15) is 41.4 Å². The number of hydrogen-bond donors (Lipinski definition) is 1. The summed E-state index contributed by atoms with van der Waals surface area (Å²) >= 11 is 0. The van der Waals surface area contributed by atoms with Gasteiger partial charge in [-0.05, 0) is 42.3 Å². The SMILES string of the molecule is CCC1CC(=O)N(Cc2ccc(NC(=O)c3ccno3)cc2)N=C1c1ccc(OC)c(OC)c1. The highest BCUT2D eigenvalue weighted by Crippen LogP contribution is 2.31. The van der Waals surface area contributed by atoms with Gasteiger partial charge in [0.25, 0.3) is 5.91 Å². The summed E-state index contributed by atoms with van der Waals surface area (Å²) < 4.78 is 15.6. The fourth-order valence-corrected chi connectivity index (χ4v) is 3.82. The molecule has 1 atom stereocenters. The van der Waals surface area contributed by atoms with Crippen LogP contribution in [0.3, 0.4) is 0 Å². The summed E-state index contributed by atoms with van der Waals surface area (Å²) in [4.78, 5) is 24.9. The number of amides is 2. The number of hydrazone groups is 1. The van der Waals surface area contributed by atoms with E-state index in [4.69, 9.17) is 19.1 Å². The van der Waals surface area contributed by atoms with Gasteiger partial charge in [-0.1, -0.05) is 24.2 Å². The smallest absolute Gasteiger partial charge is 0.294 e. The van der Waals surface area contributed by atoms with E-state index in [1.54, 1.807) is 26.4 Å². The van der Waals surface area contributed by atoms with E-state index in [0.29, 0.717) is 30.2 Å². The molecule has 34 heavy (non-hydrogen) atoms. The Bertz CT molecular complexity index is 1190. The van der Waals surface area contributed by atoms with E-state index in [2.05, 4.69) is 17.4 Å². The van der Waals surface area contributed by atoms with Gasteiger partial charge in [-0.15, -0.1) is 0 Å². The van der Waals surface area contributed by atoms with Crippen LogP contribution in [0.5, 0.6) is 11.5 Å². The summed E-state index contributed by atoms with van der Waals surface area (Å²) in [6, 6.07) is 14.4. The zero-order valence-corrected chi connectivity index (χ0v) is 19.3. The Kier molecular flexibility index (Phi) is 6.91. The van der Waals surface area contributed by atoms with E-state index in [1.807, 2.05) is 30.3 Å². The Morgan fingerprint density at radius 1 is 1.12 bits per heavy atom. The molecule has 1 aliphatic heterocycles. The van der Waals surface area contributed by atoms with Gasteiger partial charge >= 0.3 is 0 Å². The molecule has 1 aliphatic rings. The topological polar surface area (TPSA) is 106 Å². The molecule has 3 aromatic rings. The Balaban J connectivity index is 1.53. The Labute approximate surface area is 197 Å². The second-order valence-corrected chi connectivity index (χ2v) is 7.84. The molecule has 0 aliphatic carbocycles. The van der Waals surface area contributed by atoms with Gasteiger partial charge < -0.3 is 19.3 Å². The third-order valence-electron chi connectivity index (χ3n) is 5.70. The molecule has 1 N–H and O–H groups in total. The largest absolute Gasteiger partial charge is 0.493 e. The first-order chi connectivity index (χ1) is 16.5. The van der Waals surface area contributed by atoms with Crippen LogP contribution in [0.2, 0.25) is 0 Å². The van der Waals surface area contributed by atoms with E-state index in [1.165, 1.54) is 17.3 Å². The summed E-state index contributed by atoms with van der Waals surface area (Å²) in [5.41, 5.74) is 3.23. The first-order valence-electron chi connectivity index (χ1n) is 10.9. The quantitative estimate of drug-likeness (QED) is 0.540. The van der Waals surface area contributed by atoms with Crippen LogP contribution >= 0.6 is 0 Å². The third-order valence-corrected chi connectivity index (χ3v) is 5.70. The lowest BCUT2D eigenvalue weighted by atomic mass is 9.89. The van der Waals surface area contributed by atoms with Crippen LogP contribution in [-0.4, -0.2) is 41.9 Å². The van der Waals surface area contributed by atoms with Gasteiger partial charge in [0.05, 0.1) is 32.7 Å². The van der Waals surface area contributed by atoms with Gasteiger partial charge in [0.2, 0.25) is 11.7 Å². The Morgan fingerprint density at radius 3 is 2.53 bits per heavy atom. The van der Waals surface area contributed by atoms with Crippen LogP contribution in [0, 0.1) is 5.92 Å². The van der Waals surface area contributed by atoms with Gasteiger partial charge in [-0.3, -0.25) is 9.59 Å². The maximum absolute atomic E-state index is 12.8. The molecule has 2 amide bonds. The highest BCUT2D eigenvalue weighted by atomic mass is 16.5. The average Bonchev–Trinajstić information content (AvgIpc) is 3.41. The molecule has 1 aromatic heterocycles. The number of benzene rings is 2. The first-order valence-corrected chi connectivity index (χ1v) is 10.9. The molecule has 0 fully saturated rings. The summed E-state index contributed by atoms with van der Waals surface area (Å²) in [5, 5.41) is 12.5. The van der Waals surface area contributed by atoms with Crippen LogP contribution < -0.4 is 14.8 Å². The number of anilines is 1. The summed E-state index contributed by atoms with van der Waals surface area (Å²) in [6.45, 7) is 2.37. The molecular formula is C25H26N4O5. The molecule has 2 aromatic carbocycles. The average molecular weight is 463 g/mol. The predicted octanol–water partition coefficient (Wildman–Crippen LogP) is 4.11. The van der Waals surface area contributed by atoms with Crippen LogP contribution in [0.15, 0.2) is 64.4 Å². The lowest BCUT2D eigenvalue weighted by Crippen LogP contribution is -2.36. The molecule has 1 unspecified atom stereocenters. The van der Waals surface area contributed by atoms with Gasteiger partial charge in [-0.25, -0.2) is 5.01 Å². The first kappa shape index (κ1) is 23.0. The highest BCUT2D eigenvalue weighted by Gasteiger charge is 2.29. The van der Waals surface area contributed by atoms with E-state index in [-0.39, 0.29) is 23.5 Å². The van der Waals surface area contributed by atoms with Gasteiger partial charge in [-0.2, -0.15) is 5.10 Å². The van der Waals surface area contributed by atoms with Crippen molar-refractivity contribution in [2.45, 2.75) is 26.3 Å². The number of aromatic nitrogens is 1. The van der Waals surface area contributed by atoms with E-state index < -0.39 is 0 Å². The fourth-order valence-electron chi connectivity index (χ4n) is 3.82. The second kappa shape index (κ2) is 10.2. The minimum Gasteiger partial charge on any atom is -0.493 e. The number of nitrogens with one attached hydrogen (secondary N) is 1. The van der Waals surface area contributed by atoms with E-state index in [0.717, 1.165) is 23.3 Å². The van der Waals surface area contributed by atoms with Crippen molar-refractivity contribution in [2.75, 3.05) is 19.5 Å². The lowest BCUT2D eigenvalue weighted by Gasteiger charge is -2.29. The number of ether oxygens (including phenoxy) is 2. The van der Waals surface area contributed by atoms with Crippen molar-refractivity contribution < 1.29 is 23.6 Å². The molecule has 0 saturated carbocycles. The molecule has 9 heteroatoms. The zero-order valence-electron chi connectivity index (χ0n) is 19.3. The maximum Gasteiger partial charge on any atom is 0.294 e. The normalized spacial score (nSPS) is 15.6. The van der Waals surface area contributed by atoms with Crippen molar-refractivity contribution in [3.05, 3.63) is 71.6 Å². The lowest BCUT2D eigenvalue weighted by molar-refractivity contribution is -0.133. The number of carbonyl (C=O) groups is 2. The van der Waals surface area contributed by atoms with Crippen molar-refractivity contribution >= 4 is 23.2 Å². The van der Waals surface area contributed by atoms with Crippen LogP contribution in [0.4, 0.5) is 5.69 Å². The van der Waals surface area contributed by atoms with Gasteiger partial charge in [0.15, 0.2) is 11.5 Å².